The van der Waals surface area contributed by atoms with Crippen molar-refractivity contribution in [2.75, 3.05) is 27.2 Å². The van der Waals surface area contributed by atoms with Gasteiger partial charge < -0.3 is 9.80 Å². The molecule has 1 fully saturated rings. The number of nitrogens with one attached hydrogen (secondary N) is 1. The first-order valence-corrected chi connectivity index (χ1v) is 7.15. The van der Waals surface area contributed by atoms with Crippen LogP contribution in [0.3, 0.4) is 0 Å². The molecule has 1 amide bonds. The SMILES string of the molecule is CCC(=O)NCCCC[C@@H]1CCCC[N+]1(C)C. The van der Waals surface area contributed by atoms with E-state index in [4.69, 9.17) is 0 Å². The smallest absolute Gasteiger partial charge is 0.219 e. The van der Waals surface area contributed by atoms with Gasteiger partial charge in [0.2, 0.25) is 5.91 Å². The molecule has 0 aliphatic carbocycles. The van der Waals surface area contributed by atoms with Gasteiger partial charge >= 0.3 is 0 Å². The van der Waals surface area contributed by atoms with Crippen molar-refractivity contribution in [2.45, 2.75) is 57.9 Å². The Hall–Kier alpha value is -0.570. The molecule has 0 spiro atoms. The standard InChI is InChI=1S/C14H28N2O/c1-4-14(17)15-11-7-5-9-13-10-6-8-12-16(13,2)3/h13H,4-12H2,1-3H3/p+1/t13-/m1/s1. The maximum atomic E-state index is 11.1. The highest BCUT2D eigenvalue weighted by atomic mass is 16.1. The lowest BCUT2D eigenvalue weighted by Crippen LogP contribution is -2.51. The number of amides is 1. The summed E-state index contributed by atoms with van der Waals surface area (Å²) in [5.74, 6) is 0.179. The van der Waals surface area contributed by atoms with Gasteiger partial charge in [0.05, 0.1) is 26.7 Å². The first kappa shape index (κ1) is 14.5. The summed E-state index contributed by atoms with van der Waals surface area (Å²) in [5, 5.41) is 2.95. The topological polar surface area (TPSA) is 29.1 Å². The zero-order valence-corrected chi connectivity index (χ0v) is 11.8. The van der Waals surface area contributed by atoms with Gasteiger partial charge in [-0.05, 0) is 38.5 Å². The zero-order chi connectivity index (χ0) is 12.7. The van der Waals surface area contributed by atoms with Crippen LogP contribution in [0.25, 0.3) is 0 Å². The molecule has 1 aliphatic rings. The number of piperidine rings is 1. The van der Waals surface area contributed by atoms with Gasteiger partial charge in [-0.2, -0.15) is 0 Å². The Bertz CT molecular complexity index is 238. The molecule has 1 aliphatic heterocycles. The molecule has 1 rings (SSSR count). The van der Waals surface area contributed by atoms with E-state index in [0.717, 1.165) is 19.0 Å². The highest BCUT2D eigenvalue weighted by Gasteiger charge is 2.30. The number of hydrogen-bond donors (Lipinski definition) is 1. The first-order valence-electron chi connectivity index (χ1n) is 7.15. The van der Waals surface area contributed by atoms with E-state index >= 15 is 0 Å². The van der Waals surface area contributed by atoms with Crippen LogP contribution < -0.4 is 5.32 Å². The Morgan fingerprint density at radius 3 is 2.71 bits per heavy atom. The fraction of sp³-hybridized carbons (Fsp3) is 0.929. The van der Waals surface area contributed by atoms with Crippen molar-refractivity contribution in [1.82, 2.24) is 5.32 Å². The third-order valence-corrected chi connectivity index (χ3v) is 4.12. The van der Waals surface area contributed by atoms with E-state index in [9.17, 15) is 4.79 Å². The zero-order valence-electron chi connectivity index (χ0n) is 11.8. The molecule has 1 atom stereocenters. The van der Waals surface area contributed by atoms with Crippen LogP contribution in [-0.4, -0.2) is 43.6 Å². The largest absolute Gasteiger partial charge is 0.356 e. The summed E-state index contributed by atoms with van der Waals surface area (Å²) in [4.78, 5) is 11.1. The maximum absolute atomic E-state index is 11.1. The molecule has 1 heterocycles. The molecule has 0 radical (unpaired) electrons. The van der Waals surface area contributed by atoms with E-state index in [2.05, 4.69) is 19.4 Å². The number of quaternary nitrogens is 1. The summed E-state index contributed by atoms with van der Waals surface area (Å²) in [6, 6.07) is 0.839. The molecule has 0 aromatic rings. The van der Waals surface area contributed by atoms with Gasteiger partial charge in [-0.1, -0.05) is 6.92 Å². The third-order valence-electron chi connectivity index (χ3n) is 4.12. The average molecular weight is 241 g/mol. The average Bonchev–Trinajstić information content (AvgIpc) is 2.30. The molecule has 1 N–H and O–H groups in total. The van der Waals surface area contributed by atoms with Crippen molar-refractivity contribution in [2.24, 2.45) is 0 Å². The minimum atomic E-state index is 0.179. The van der Waals surface area contributed by atoms with Crippen LogP contribution in [0.4, 0.5) is 0 Å². The van der Waals surface area contributed by atoms with Crippen LogP contribution in [0.5, 0.6) is 0 Å². The highest BCUT2D eigenvalue weighted by molar-refractivity contribution is 5.75. The molecule has 0 saturated carbocycles. The summed E-state index contributed by atoms with van der Waals surface area (Å²) in [5.41, 5.74) is 0. The third kappa shape index (κ3) is 5.07. The van der Waals surface area contributed by atoms with Crippen molar-refractivity contribution < 1.29 is 9.28 Å². The molecular formula is C14H29N2O+. The number of hydrogen-bond acceptors (Lipinski definition) is 1. The summed E-state index contributed by atoms with van der Waals surface area (Å²) >= 11 is 0. The normalized spacial score (nSPS) is 23.4. The van der Waals surface area contributed by atoms with Crippen LogP contribution >= 0.6 is 0 Å². The predicted molar refractivity (Wildman–Crippen MR) is 71.8 cm³/mol. The first-order chi connectivity index (χ1) is 8.06. The van der Waals surface area contributed by atoms with E-state index < -0.39 is 0 Å². The van der Waals surface area contributed by atoms with E-state index in [1.807, 2.05) is 6.92 Å². The summed E-state index contributed by atoms with van der Waals surface area (Å²) in [6.45, 7) is 4.08. The van der Waals surface area contributed by atoms with E-state index in [0.29, 0.717) is 6.42 Å². The molecule has 100 valence electrons. The van der Waals surface area contributed by atoms with Gasteiger partial charge in [-0.15, -0.1) is 0 Å². The number of nitrogens with zero attached hydrogens (tertiary/aromatic N) is 1. The Kier molecular flexibility index (Phi) is 5.96. The number of unbranched alkanes of at least 4 members (excludes halogenated alkanes) is 1. The lowest BCUT2D eigenvalue weighted by Gasteiger charge is -2.41. The van der Waals surface area contributed by atoms with Gasteiger partial charge in [0.1, 0.15) is 0 Å². The van der Waals surface area contributed by atoms with E-state index in [1.165, 1.54) is 43.1 Å². The van der Waals surface area contributed by atoms with Crippen molar-refractivity contribution in [3.8, 4) is 0 Å². The minimum absolute atomic E-state index is 0.179. The van der Waals surface area contributed by atoms with E-state index in [-0.39, 0.29) is 5.91 Å². The van der Waals surface area contributed by atoms with E-state index in [1.54, 1.807) is 0 Å². The molecule has 3 nitrogen and oxygen atoms in total. The molecule has 0 unspecified atom stereocenters. The van der Waals surface area contributed by atoms with Crippen molar-refractivity contribution in [3.63, 3.8) is 0 Å². The summed E-state index contributed by atoms with van der Waals surface area (Å²) < 4.78 is 1.20. The number of likely N-dealkylation sites (tertiary alicyclic amines) is 1. The quantitative estimate of drug-likeness (QED) is 0.561. The van der Waals surface area contributed by atoms with Crippen LogP contribution in [0.2, 0.25) is 0 Å². The van der Waals surface area contributed by atoms with Crippen LogP contribution in [0.1, 0.15) is 51.9 Å². The van der Waals surface area contributed by atoms with Crippen molar-refractivity contribution in [3.05, 3.63) is 0 Å². The second-order valence-corrected chi connectivity index (χ2v) is 5.85. The Labute approximate surface area is 106 Å². The van der Waals surface area contributed by atoms with Gasteiger partial charge in [-0.25, -0.2) is 0 Å². The number of carbonyl (C=O) groups is 1. The fourth-order valence-electron chi connectivity index (χ4n) is 2.78. The Morgan fingerprint density at radius 1 is 1.29 bits per heavy atom. The lowest BCUT2D eigenvalue weighted by molar-refractivity contribution is -0.920. The van der Waals surface area contributed by atoms with Crippen LogP contribution in [-0.2, 0) is 4.79 Å². The molecule has 0 bridgehead atoms. The van der Waals surface area contributed by atoms with Crippen molar-refractivity contribution in [1.29, 1.82) is 0 Å². The van der Waals surface area contributed by atoms with Gasteiger partial charge in [0, 0.05) is 13.0 Å². The second-order valence-electron chi connectivity index (χ2n) is 5.85. The molecule has 0 aromatic carbocycles. The van der Waals surface area contributed by atoms with Gasteiger partial charge in [-0.3, -0.25) is 4.79 Å². The molecule has 17 heavy (non-hydrogen) atoms. The molecule has 0 aromatic heterocycles. The van der Waals surface area contributed by atoms with Crippen molar-refractivity contribution >= 4 is 5.91 Å². The van der Waals surface area contributed by atoms with Crippen LogP contribution in [0, 0.1) is 0 Å². The second kappa shape index (κ2) is 7.00. The lowest BCUT2D eigenvalue weighted by atomic mass is 9.95. The summed E-state index contributed by atoms with van der Waals surface area (Å²) in [7, 11) is 4.73. The summed E-state index contributed by atoms with van der Waals surface area (Å²) in [6.07, 6.45) is 8.46. The minimum Gasteiger partial charge on any atom is -0.356 e. The number of rotatable bonds is 6. The maximum Gasteiger partial charge on any atom is 0.219 e. The highest BCUT2D eigenvalue weighted by Crippen LogP contribution is 2.25. The molecular weight excluding hydrogens is 212 g/mol. The predicted octanol–water partition coefficient (Wildman–Crippen LogP) is 2.31. The van der Waals surface area contributed by atoms with Gasteiger partial charge in [0.25, 0.3) is 0 Å². The van der Waals surface area contributed by atoms with Gasteiger partial charge in [0.15, 0.2) is 0 Å². The fourth-order valence-corrected chi connectivity index (χ4v) is 2.78. The number of carbonyl (C=O) groups excluding carboxylic acids is 1. The monoisotopic (exact) mass is 241 g/mol. The Balaban J connectivity index is 2.11. The Morgan fingerprint density at radius 2 is 2.06 bits per heavy atom. The molecule has 1 saturated heterocycles. The molecule has 3 heteroatoms. The van der Waals surface area contributed by atoms with Crippen LogP contribution in [0.15, 0.2) is 0 Å².